The third-order valence-electron chi connectivity index (χ3n) is 6.05. The van der Waals surface area contributed by atoms with Crippen LogP contribution in [0.5, 0.6) is 0 Å². The van der Waals surface area contributed by atoms with E-state index in [1.807, 2.05) is 78.3 Å². The molecule has 0 saturated heterocycles. The van der Waals surface area contributed by atoms with Gasteiger partial charge in [0, 0.05) is 13.5 Å². The van der Waals surface area contributed by atoms with Crippen molar-refractivity contribution in [2.75, 3.05) is 0 Å². The lowest BCUT2D eigenvalue weighted by atomic mass is 9.89. The number of para-hydroxylation sites is 2. The molecule has 0 aliphatic carbocycles. The lowest BCUT2D eigenvalue weighted by Crippen LogP contribution is -2.52. The van der Waals surface area contributed by atoms with E-state index in [4.69, 9.17) is 9.72 Å². The lowest BCUT2D eigenvalue weighted by molar-refractivity contribution is -0.140. The highest BCUT2D eigenvalue weighted by molar-refractivity contribution is 5.97. The number of amides is 1. The number of rotatable bonds is 4. The molecule has 0 saturated carbocycles. The molecule has 2 unspecified atom stereocenters. The number of hydrogen-bond acceptors (Lipinski definition) is 4. The molecule has 2 heterocycles. The van der Waals surface area contributed by atoms with E-state index in [1.165, 1.54) is 0 Å². The van der Waals surface area contributed by atoms with E-state index in [-0.39, 0.29) is 5.91 Å². The first-order chi connectivity index (χ1) is 15.5. The van der Waals surface area contributed by atoms with Crippen LogP contribution < -0.4 is 5.32 Å². The second-order valence-electron chi connectivity index (χ2n) is 8.29. The topological polar surface area (TPSA) is 73.2 Å². The third kappa shape index (κ3) is 3.34. The normalized spacial score (nSPS) is 18.6. The van der Waals surface area contributed by atoms with Gasteiger partial charge in [0.1, 0.15) is 11.9 Å². The van der Waals surface area contributed by atoms with Crippen molar-refractivity contribution in [3.05, 3.63) is 101 Å². The molecule has 4 aromatic rings. The van der Waals surface area contributed by atoms with Gasteiger partial charge in [0.15, 0.2) is 5.60 Å². The van der Waals surface area contributed by atoms with E-state index in [0.29, 0.717) is 17.8 Å². The van der Waals surface area contributed by atoms with Gasteiger partial charge in [-0.1, -0.05) is 60.7 Å². The average Bonchev–Trinajstić information content (AvgIpc) is 3.14. The molecule has 6 nitrogen and oxygen atoms in total. The number of ether oxygens (including phenoxy) is 1. The molecule has 32 heavy (non-hydrogen) atoms. The summed E-state index contributed by atoms with van der Waals surface area (Å²) in [4.78, 5) is 30.9. The highest BCUT2D eigenvalue weighted by atomic mass is 16.6. The number of imidazole rings is 1. The van der Waals surface area contributed by atoms with Crippen LogP contribution >= 0.6 is 0 Å². The van der Waals surface area contributed by atoms with E-state index >= 15 is 0 Å². The first-order valence-corrected chi connectivity index (χ1v) is 10.5. The van der Waals surface area contributed by atoms with Crippen molar-refractivity contribution in [1.82, 2.24) is 14.9 Å². The molecular weight excluding hydrogens is 402 g/mol. The minimum absolute atomic E-state index is 0.310. The summed E-state index contributed by atoms with van der Waals surface area (Å²) in [5.74, 6) is -0.137. The van der Waals surface area contributed by atoms with Gasteiger partial charge in [0.25, 0.3) is 5.91 Å². The van der Waals surface area contributed by atoms with Crippen molar-refractivity contribution in [3.63, 3.8) is 0 Å². The number of carbonyl (C=O) groups is 2. The van der Waals surface area contributed by atoms with Crippen LogP contribution in [0.3, 0.4) is 0 Å². The molecule has 0 radical (unpaired) electrons. The summed E-state index contributed by atoms with van der Waals surface area (Å²) in [7, 11) is 1.94. The molecule has 3 aromatic carbocycles. The summed E-state index contributed by atoms with van der Waals surface area (Å²) >= 11 is 0. The smallest absolute Gasteiger partial charge is 0.339 e. The summed E-state index contributed by atoms with van der Waals surface area (Å²) in [5, 5.41) is 3.11. The van der Waals surface area contributed by atoms with Gasteiger partial charge in [0.05, 0.1) is 16.6 Å². The van der Waals surface area contributed by atoms with Crippen LogP contribution in [0.2, 0.25) is 0 Å². The van der Waals surface area contributed by atoms with Crippen LogP contribution in [-0.2, 0) is 23.0 Å². The molecule has 2 atom stereocenters. The fraction of sp³-hybridized carbons (Fsp3) is 0.192. The van der Waals surface area contributed by atoms with Gasteiger partial charge in [-0.25, -0.2) is 9.78 Å². The summed E-state index contributed by atoms with van der Waals surface area (Å²) in [6.07, 6.45) is 0.310. The van der Waals surface area contributed by atoms with Crippen LogP contribution in [0.1, 0.15) is 40.3 Å². The second kappa shape index (κ2) is 7.64. The number of aromatic nitrogens is 2. The van der Waals surface area contributed by atoms with E-state index in [1.54, 1.807) is 19.1 Å². The Bertz CT molecular complexity index is 1330. The number of cyclic esters (lactones) is 1. The molecule has 1 aliphatic heterocycles. The molecule has 0 fully saturated rings. The Labute approximate surface area is 185 Å². The van der Waals surface area contributed by atoms with Crippen molar-refractivity contribution in [3.8, 4) is 0 Å². The van der Waals surface area contributed by atoms with Crippen LogP contribution in [-0.4, -0.2) is 27.0 Å². The van der Waals surface area contributed by atoms with Crippen molar-refractivity contribution < 1.29 is 14.3 Å². The first kappa shape index (κ1) is 20.0. The Morgan fingerprint density at radius 3 is 2.50 bits per heavy atom. The van der Waals surface area contributed by atoms with Gasteiger partial charge in [-0.2, -0.15) is 0 Å². The summed E-state index contributed by atoms with van der Waals surface area (Å²) in [5.41, 5.74) is 2.72. The van der Waals surface area contributed by atoms with Crippen molar-refractivity contribution in [1.29, 1.82) is 0 Å². The van der Waals surface area contributed by atoms with Gasteiger partial charge < -0.3 is 14.6 Å². The number of nitrogens with one attached hydrogen (secondary N) is 1. The SMILES string of the molecule is Cn1c(C(NC(=O)C2(C)Cc3ccccc3C(=O)O2)c2ccccc2)nc2ccccc21. The monoisotopic (exact) mass is 425 g/mol. The van der Waals surface area contributed by atoms with E-state index in [0.717, 1.165) is 22.2 Å². The quantitative estimate of drug-likeness (QED) is 0.503. The largest absolute Gasteiger partial charge is 0.445 e. The van der Waals surface area contributed by atoms with Gasteiger partial charge in [-0.05, 0) is 36.2 Å². The van der Waals surface area contributed by atoms with Gasteiger partial charge >= 0.3 is 5.97 Å². The third-order valence-corrected chi connectivity index (χ3v) is 6.05. The molecule has 6 heteroatoms. The minimum Gasteiger partial charge on any atom is -0.445 e. The summed E-state index contributed by atoms with van der Waals surface area (Å²) in [6.45, 7) is 1.66. The Morgan fingerprint density at radius 2 is 1.72 bits per heavy atom. The Balaban J connectivity index is 1.53. The van der Waals surface area contributed by atoms with Crippen LogP contribution in [0.25, 0.3) is 11.0 Å². The zero-order chi connectivity index (χ0) is 22.3. The maximum atomic E-state index is 13.5. The number of hydrogen-bond donors (Lipinski definition) is 1. The Hall–Kier alpha value is -3.93. The second-order valence-corrected chi connectivity index (χ2v) is 8.29. The first-order valence-electron chi connectivity index (χ1n) is 10.5. The number of benzene rings is 3. The lowest BCUT2D eigenvalue weighted by Gasteiger charge is -2.34. The number of esters is 1. The highest BCUT2D eigenvalue weighted by Gasteiger charge is 2.43. The van der Waals surface area contributed by atoms with Crippen molar-refractivity contribution in [2.45, 2.75) is 25.0 Å². The van der Waals surface area contributed by atoms with Gasteiger partial charge in [-0.15, -0.1) is 0 Å². The van der Waals surface area contributed by atoms with Crippen molar-refractivity contribution in [2.24, 2.45) is 7.05 Å². The zero-order valence-corrected chi connectivity index (χ0v) is 17.9. The van der Waals surface area contributed by atoms with Crippen LogP contribution in [0.15, 0.2) is 78.9 Å². The number of carbonyl (C=O) groups excluding carboxylic acids is 2. The molecule has 1 amide bonds. The molecule has 1 N–H and O–H groups in total. The zero-order valence-electron chi connectivity index (χ0n) is 17.9. The maximum Gasteiger partial charge on any atom is 0.339 e. The molecular formula is C26H23N3O3. The summed E-state index contributed by atoms with van der Waals surface area (Å²) < 4.78 is 7.63. The van der Waals surface area contributed by atoms with Crippen LogP contribution in [0, 0.1) is 0 Å². The van der Waals surface area contributed by atoms with E-state index in [9.17, 15) is 9.59 Å². The highest BCUT2D eigenvalue weighted by Crippen LogP contribution is 2.31. The predicted octanol–water partition coefficient (Wildman–Crippen LogP) is 3.95. The van der Waals surface area contributed by atoms with Gasteiger partial charge in [-0.3, -0.25) is 4.79 Å². The predicted molar refractivity (Wildman–Crippen MR) is 121 cm³/mol. The standard InChI is InChI=1S/C26H23N3O3/c1-26(16-18-12-6-7-13-19(18)24(30)32-26)25(31)28-22(17-10-4-3-5-11-17)23-27-20-14-8-9-15-21(20)29(23)2/h3-15,22H,16H2,1-2H3,(H,28,31). The van der Waals surface area contributed by atoms with Gasteiger partial charge in [0.2, 0.25) is 0 Å². The number of fused-ring (bicyclic) bond motifs is 2. The van der Waals surface area contributed by atoms with Crippen LogP contribution in [0.4, 0.5) is 0 Å². The fourth-order valence-corrected chi connectivity index (χ4v) is 4.31. The average molecular weight is 425 g/mol. The fourth-order valence-electron chi connectivity index (χ4n) is 4.31. The molecule has 1 aliphatic rings. The Morgan fingerprint density at radius 1 is 1.03 bits per heavy atom. The molecule has 1 aromatic heterocycles. The minimum atomic E-state index is -1.32. The van der Waals surface area contributed by atoms with Crippen molar-refractivity contribution >= 4 is 22.9 Å². The molecule has 0 spiro atoms. The Kier molecular flexibility index (Phi) is 4.78. The molecule has 5 rings (SSSR count). The summed E-state index contributed by atoms with van der Waals surface area (Å²) in [6, 6.07) is 24.3. The number of nitrogens with zero attached hydrogens (tertiary/aromatic N) is 2. The van der Waals surface area contributed by atoms with E-state index in [2.05, 4.69) is 5.32 Å². The molecule has 160 valence electrons. The number of aryl methyl sites for hydroxylation is 1. The maximum absolute atomic E-state index is 13.5. The molecule has 0 bridgehead atoms. The van der Waals surface area contributed by atoms with E-state index < -0.39 is 17.6 Å².